The molecule has 0 aromatic carbocycles. The van der Waals surface area contributed by atoms with Gasteiger partial charge in [0.05, 0.1) is 19.4 Å². The highest BCUT2D eigenvalue weighted by atomic mass is 16.3. The van der Waals surface area contributed by atoms with Crippen molar-refractivity contribution in [3.05, 3.63) is 48.2 Å². The minimum Gasteiger partial charge on any atom is -0.467 e. The lowest BCUT2D eigenvalue weighted by atomic mass is 10.2. The van der Waals surface area contributed by atoms with Crippen molar-refractivity contribution in [1.29, 1.82) is 0 Å². The van der Waals surface area contributed by atoms with Crippen LogP contribution in [0.3, 0.4) is 0 Å². The number of nitrogens with one attached hydrogen (secondary N) is 1. The molecule has 7 nitrogen and oxygen atoms in total. The van der Waals surface area contributed by atoms with E-state index in [1.54, 1.807) is 16.1 Å². The first-order chi connectivity index (χ1) is 14.0. The maximum Gasteiger partial charge on any atom is 0.318 e. The molecule has 0 saturated carbocycles. The summed E-state index contributed by atoms with van der Waals surface area (Å²) in [6.07, 6.45) is 6.28. The Morgan fingerprint density at radius 2 is 2.00 bits per heavy atom. The molecule has 1 unspecified atom stereocenters. The Kier molecular flexibility index (Phi) is 8.83. The normalized spacial score (nSPS) is 11.9. The monoisotopic (exact) mass is 402 g/mol. The van der Waals surface area contributed by atoms with Crippen molar-refractivity contribution in [2.75, 3.05) is 13.1 Å². The van der Waals surface area contributed by atoms with Gasteiger partial charge in [-0.2, -0.15) is 0 Å². The molecule has 0 spiro atoms. The molecule has 0 radical (unpaired) electrons. The van der Waals surface area contributed by atoms with Crippen LogP contribution in [0.1, 0.15) is 51.5 Å². The molecule has 1 N–H and O–H groups in total. The zero-order chi connectivity index (χ0) is 21.2. The van der Waals surface area contributed by atoms with Crippen LogP contribution in [0.5, 0.6) is 0 Å². The van der Waals surface area contributed by atoms with Gasteiger partial charge in [0.2, 0.25) is 5.91 Å². The van der Waals surface area contributed by atoms with Gasteiger partial charge in [0.15, 0.2) is 0 Å². The van der Waals surface area contributed by atoms with Crippen LogP contribution in [0.4, 0.5) is 4.79 Å². The summed E-state index contributed by atoms with van der Waals surface area (Å²) >= 11 is 0. The number of aromatic nitrogens is 1. The van der Waals surface area contributed by atoms with Crippen LogP contribution >= 0.6 is 0 Å². The highest BCUT2D eigenvalue weighted by Gasteiger charge is 2.25. The number of furan rings is 1. The summed E-state index contributed by atoms with van der Waals surface area (Å²) in [6.45, 7) is 7.55. The van der Waals surface area contributed by atoms with E-state index in [-0.39, 0.29) is 24.5 Å². The molecule has 2 heterocycles. The summed E-state index contributed by atoms with van der Waals surface area (Å²) in [5.41, 5.74) is 1.02. The van der Waals surface area contributed by atoms with Gasteiger partial charge in [0.1, 0.15) is 12.3 Å². The fourth-order valence-corrected chi connectivity index (χ4v) is 3.05. The predicted octanol–water partition coefficient (Wildman–Crippen LogP) is 3.76. The van der Waals surface area contributed by atoms with Crippen molar-refractivity contribution in [3.8, 4) is 0 Å². The van der Waals surface area contributed by atoms with E-state index >= 15 is 0 Å². The molecule has 0 bridgehead atoms. The minimum absolute atomic E-state index is 0.0268. The van der Waals surface area contributed by atoms with Crippen molar-refractivity contribution >= 4 is 11.9 Å². The fourth-order valence-electron chi connectivity index (χ4n) is 3.05. The molecule has 29 heavy (non-hydrogen) atoms. The molecule has 0 aliphatic heterocycles. The number of hydrogen-bond acceptors (Lipinski definition) is 3. The number of nitrogens with zero attached hydrogens (tertiary/aromatic N) is 3. The average Bonchev–Trinajstić information content (AvgIpc) is 3.37. The molecule has 0 saturated heterocycles. The maximum atomic E-state index is 13.2. The molecule has 7 heteroatoms. The first kappa shape index (κ1) is 22.6. The second kappa shape index (κ2) is 11.3. The van der Waals surface area contributed by atoms with Gasteiger partial charge in [0.25, 0.3) is 0 Å². The van der Waals surface area contributed by atoms with E-state index < -0.39 is 0 Å². The molecular formula is C22H34N4O3. The molecule has 2 rings (SSSR count). The third kappa shape index (κ3) is 6.69. The van der Waals surface area contributed by atoms with Crippen molar-refractivity contribution in [2.24, 2.45) is 7.05 Å². The highest BCUT2D eigenvalue weighted by molar-refractivity contribution is 5.84. The van der Waals surface area contributed by atoms with E-state index in [1.807, 2.05) is 55.9 Å². The van der Waals surface area contributed by atoms with E-state index in [0.717, 1.165) is 30.7 Å². The Morgan fingerprint density at radius 1 is 1.21 bits per heavy atom. The van der Waals surface area contributed by atoms with Gasteiger partial charge in [-0.25, -0.2) is 4.79 Å². The summed E-state index contributed by atoms with van der Waals surface area (Å²) in [7, 11) is 1.96. The third-order valence-electron chi connectivity index (χ3n) is 5.18. The SMILES string of the molecule is CCCCNC(=O)N(CC(=O)N(Cc1ccco1)Cc1cccn1C)C(C)CC. The number of hydrogen-bond donors (Lipinski definition) is 1. The molecular weight excluding hydrogens is 368 g/mol. The standard InChI is InChI=1S/C22H34N4O3/c1-5-7-12-23-22(28)26(18(3)6-2)17-21(27)25(16-20-11-9-14-29-20)15-19-10-8-13-24(19)4/h8-11,13-14,18H,5-7,12,15-17H2,1-4H3,(H,23,28). The van der Waals surface area contributed by atoms with Crippen molar-refractivity contribution in [2.45, 2.75) is 59.2 Å². The number of rotatable bonds is 11. The van der Waals surface area contributed by atoms with E-state index in [0.29, 0.717) is 19.6 Å². The lowest BCUT2D eigenvalue weighted by molar-refractivity contribution is -0.133. The van der Waals surface area contributed by atoms with E-state index in [4.69, 9.17) is 4.42 Å². The van der Waals surface area contributed by atoms with Gasteiger partial charge in [-0.1, -0.05) is 20.3 Å². The molecule has 2 aromatic heterocycles. The van der Waals surface area contributed by atoms with Gasteiger partial charge in [-0.3, -0.25) is 4.79 Å². The smallest absolute Gasteiger partial charge is 0.318 e. The first-order valence-corrected chi connectivity index (χ1v) is 10.4. The summed E-state index contributed by atoms with van der Waals surface area (Å²) in [4.78, 5) is 29.3. The zero-order valence-corrected chi connectivity index (χ0v) is 18.1. The number of carbonyl (C=O) groups is 2. The molecule has 0 aliphatic carbocycles. The van der Waals surface area contributed by atoms with Crippen LogP contribution in [0, 0.1) is 0 Å². The summed E-state index contributed by atoms with van der Waals surface area (Å²) < 4.78 is 7.45. The van der Waals surface area contributed by atoms with Gasteiger partial charge in [-0.05, 0) is 44.0 Å². The van der Waals surface area contributed by atoms with Crippen molar-refractivity contribution < 1.29 is 14.0 Å². The van der Waals surface area contributed by atoms with Crippen LogP contribution in [0.15, 0.2) is 41.1 Å². The van der Waals surface area contributed by atoms with E-state index in [2.05, 4.69) is 12.2 Å². The molecule has 2 aromatic rings. The quantitative estimate of drug-likeness (QED) is 0.582. The van der Waals surface area contributed by atoms with Crippen LogP contribution in [-0.4, -0.2) is 45.4 Å². The Labute approximate surface area is 173 Å². The summed E-state index contributed by atoms with van der Waals surface area (Å²) in [5, 5.41) is 2.94. The molecule has 3 amide bonds. The first-order valence-electron chi connectivity index (χ1n) is 10.4. The van der Waals surface area contributed by atoms with Gasteiger partial charge in [0, 0.05) is 31.5 Å². The van der Waals surface area contributed by atoms with E-state index in [1.165, 1.54) is 0 Å². The Balaban J connectivity index is 2.13. The lowest BCUT2D eigenvalue weighted by Gasteiger charge is -2.31. The second-order valence-corrected chi connectivity index (χ2v) is 7.41. The van der Waals surface area contributed by atoms with Crippen LogP contribution < -0.4 is 5.32 Å². The molecule has 0 fully saturated rings. The molecule has 0 aliphatic rings. The third-order valence-corrected chi connectivity index (χ3v) is 5.18. The maximum absolute atomic E-state index is 13.2. The van der Waals surface area contributed by atoms with Crippen LogP contribution in [0.2, 0.25) is 0 Å². The predicted molar refractivity (Wildman–Crippen MR) is 113 cm³/mol. The van der Waals surface area contributed by atoms with Gasteiger partial charge < -0.3 is 24.1 Å². The second-order valence-electron chi connectivity index (χ2n) is 7.41. The number of carbonyl (C=O) groups excluding carboxylic acids is 2. The number of amides is 3. The molecule has 160 valence electrons. The van der Waals surface area contributed by atoms with Crippen molar-refractivity contribution in [3.63, 3.8) is 0 Å². The lowest BCUT2D eigenvalue weighted by Crippen LogP contribution is -2.50. The number of unbranched alkanes of at least 4 members (excludes halogenated alkanes) is 1. The Morgan fingerprint density at radius 3 is 2.59 bits per heavy atom. The number of urea groups is 1. The highest BCUT2D eigenvalue weighted by Crippen LogP contribution is 2.13. The van der Waals surface area contributed by atoms with Crippen LogP contribution in [-0.2, 0) is 24.9 Å². The Bertz CT molecular complexity index is 754. The topological polar surface area (TPSA) is 70.7 Å². The fraction of sp³-hybridized carbons (Fsp3) is 0.545. The largest absolute Gasteiger partial charge is 0.467 e. The van der Waals surface area contributed by atoms with Gasteiger partial charge in [-0.15, -0.1) is 0 Å². The average molecular weight is 403 g/mol. The minimum atomic E-state index is -0.182. The molecule has 1 atom stereocenters. The number of aryl methyl sites for hydroxylation is 1. The summed E-state index contributed by atoms with van der Waals surface area (Å²) in [6, 6.07) is 7.41. The van der Waals surface area contributed by atoms with Crippen molar-refractivity contribution in [1.82, 2.24) is 19.7 Å². The Hall–Kier alpha value is -2.70. The van der Waals surface area contributed by atoms with Gasteiger partial charge >= 0.3 is 6.03 Å². The van der Waals surface area contributed by atoms with E-state index in [9.17, 15) is 9.59 Å². The zero-order valence-electron chi connectivity index (χ0n) is 18.1. The van der Waals surface area contributed by atoms with Crippen LogP contribution in [0.25, 0.3) is 0 Å². The summed E-state index contributed by atoms with van der Waals surface area (Å²) in [5.74, 6) is 0.614.